The number of hydrogen-bond donors (Lipinski definition) is 1. The van der Waals surface area contributed by atoms with Crippen LogP contribution in [0.2, 0.25) is 5.02 Å². The number of hydrogen-bond acceptors (Lipinski definition) is 7. The van der Waals surface area contributed by atoms with Gasteiger partial charge in [0.1, 0.15) is 17.4 Å². The summed E-state index contributed by atoms with van der Waals surface area (Å²) in [4.78, 5) is 23.8. The Morgan fingerprint density at radius 1 is 1.16 bits per heavy atom. The number of rotatable bonds is 10. The summed E-state index contributed by atoms with van der Waals surface area (Å²) in [5.74, 6) is 0.0273. The monoisotopic (exact) mass is 458 g/mol. The number of benzene rings is 2. The molecule has 0 spiro atoms. The van der Waals surface area contributed by atoms with Crippen LogP contribution < -0.4 is 19.5 Å². The Hall–Kier alpha value is -3.70. The summed E-state index contributed by atoms with van der Waals surface area (Å²) < 4.78 is 20.6. The maximum Gasteiger partial charge on any atom is 0.343 e. The first-order valence-electron chi connectivity index (χ1n) is 9.60. The van der Waals surface area contributed by atoms with Gasteiger partial charge in [-0.05, 0) is 48.4 Å². The summed E-state index contributed by atoms with van der Waals surface area (Å²) in [5, 5.41) is 12.3. The number of nitrogens with one attached hydrogen (secondary N) is 1. The highest BCUT2D eigenvalue weighted by Gasteiger charge is 2.16. The fraction of sp³-hybridized carbons (Fsp3) is 0.261. The lowest BCUT2D eigenvalue weighted by Crippen LogP contribution is -2.23. The van der Waals surface area contributed by atoms with Gasteiger partial charge < -0.3 is 24.3 Å². The van der Waals surface area contributed by atoms with E-state index in [0.717, 1.165) is 5.56 Å². The molecule has 0 aliphatic heterocycles. The molecule has 0 aliphatic carbocycles. The van der Waals surface area contributed by atoms with Crippen LogP contribution in [0.5, 0.6) is 17.2 Å². The summed E-state index contributed by atoms with van der Waals surface area (Å²) in [5.41, 5.74) is 1.20. The molecule has 2 aromatic rings. The standard InChI is InChI=1S/C23H23ClN2O6/c1-4-31-20-11-16(10-19(24)22(20)32-14-21(27)30-3)9-17(12-25)23(28)26-13-15-5-7-18(29-2)8-6-15/h5-11H,4,13-14H2,1-3H3,(H,26,28)/b17-9-. The maximum absolute atomic E-state index is 12.5. The van der Waals surface area contributed by atoms with Gasteiger partial charge in [-0.2, -0.15) is 5.26 Å². The van der Waals surface area contributed by atoms with E-state index in [9.17, 15) is 14.9 Å². The number of amides is 1. The van der Waals surface area contributed by atoms with Crippen LogP contribution in [-0.2, 0) is 20.9 Å². The highest BCUT2D eigenvalue weighted by molar-refractivity contribution is 6.32. The third-order valence-corrected chi connectivity index (χ3v) is 4.46. The van der Waals surface area contributed by atoms with E-state index in [2.05, 4.69) is 10.1 Å². The number of halogens is 1. The predicted octanol–water partition coefficient (Wildman–Crippen LogP) is 3.52. The van der Waals surface area contributed by atoms with Crippen molar-refractivity contribution in [3.05, 3.63) is 58.1 Å². The van der Waals surface area contributed by atoms with Gasteiger partial charge in [-0.3, -0.25) is 4.79 Å². The molecule has 9 heteroatoms. The molecule has 0 heterocycles. The molecule has 0 aliphatic rings. The Bertz CT molecular complexity index is 1030. The second kappa shape index (κ2) is 12.2. The van der Waals surface area contributed by atoms with Crippen molar-refractivity contribution in [1.82, 2.24) is 5.32 Å². The Labute approximate surface area is 191 Å². The molecule has 0 saturated heterocycles. The lowest BCUT2D eigenvalue weighted by atomic mass is 10.1. The van der Waals surface area contributed by atoms with E-state index in [0.29, 0.717) is 17.9 Å². The van der Waals surface area contributed by atoms with Crippen molar-refractivity contribution >= 4 is 29.6 Å². The van der Waals surface area contributed by atoms with E-state index in [-0.39, 0.29) is 35.2 Å². The van der Waals surface area contributed by atoms with Crippen LogP contribution in [0.3, 0.4) is 0 Å². The van der Waals surface area contributed by atoms with Gasteiger partial charge in [-0.25, -0.2) is 4.79 Å². The molecule has 0 unspecified atom stereocenters. The highest BCUT2D eigenvalue weighted by atomic mass is 35.5. The number of carbonyl (C=O) groups is 2. The van der Waals surface area contributed by atoms with Crippen molar-refractivity contribution in [2.24, 2.45) is 0 Å². The molecule has 1 amide bonds. The molecule has 0 bridgehead atoms. The van der Waals surface area contributed by atoms with Crippen LogP contribution in [0.1, 0.15) is 18.1 Å². The molecule has 0 aromatic heterocycles. The topological polar surface area (TPSA) is 107 Å². The van der Waals surface area contributed by atoms with Gasteiger partial charge in [0.2, 0.25) is 0 Å². The largest absolute Gasteiger partial charge is 0.497 e. The third-order valence-electron chi connectivity index (χ3n) is 4.18. The number of ether oxygens (including phenoxy) is 4. The number of nitriles is 1. The minimum atomic E-state index is -0.576. The summed E-state index contributed by atoms with van der Waals surface area (Å²) in [6.07, 6.45) is 1.39. The lowest BCUT2D eigenvalue weighted by molar-refractivity contribution is -0.142. The van der Waals surface area contributed by atoms with Gasteiger partial charge in [0.05, 0.1) is 25.8 Å². The summed E-state index contributed by atoms with van der Waals surface area (Å²) in [6, 6.07) is 12.2. The van der Waals surface area contributed by atoms with E-state index in [1.54, 1.807) is 32.2 Å². The first-order valence-corrected chi connectivity index (χ1v) is 9.98. The van der Waals surface area contributed by atoms with E-state index >= 15 is 0 Å². The van der Waals surface area contributed by atoms with Crippen LogP contribution in [0.25, 0.3) is 6.08 Å². The molecule has 0 atom stereocenters. The second-order valence-electron chi connectivity index (χ2n) is 6.33. The molecule has 0 fully saturated rings. The maximum atomic E-state index is 12.5. The molecule has 32 heavy (non-hydrogen) atoms. The zero-order chi connectivity index (χ0) is 23.5. The van der Waals surface area contributed by atoms with Crippen molar-refractivity contribution in [1.29, 1.82) is 5.26 Å². The summed E-state index contributed by atoms with van der Waals surface area (Å²) >= 11 is 6.29. The first kappa shape index (κ1) is 24.6. The minimum Gasteiger partial charge on any atom is -0.497 e. The van der Waals surface area contributed by atoms with E-state index < -0.39 is 11.9 Å². The van der Waals surface area contributed by atoms with Crippen LogP contribution in [0.4, 0.5) is 0 Å². The molecule has 8 nitrogen and oxygen atoms in total. The first-order chi connectivity index (χ1) is 15.4. The van der Waals surface area contributed by atoms with E-state index in [4.69, 9.17) is 25.8 Å². The van der Waals surface area contributed by atoms with Crippen LogP contribution in [0.15, 0.2) is 42.0 Å². The Morgan fingerprint density at radius 2 is 1.88 bits per heavy atom. The zero-order valence-electron chi connectivity index (χ0n) is 17.9. The number of esters is 1. The van der Waals surface area contributed by atoms with Crippen molar-refractivity contribution in [2.75, 3.05) is 27.4 Å². The molecule has 0 radical (unpaired) electrons. The molecular weight excluding hydrogens is 436 g/mol. The van der Waals surface area contributed by atoms with Crippen molar-refractivity contribution in [3.63, 3.8) is 0 Å². The van der Waals surface area contributed by atoms with Gasteiger partial charge in [0.15, 0.2) is 18.1 Å². The van der Waals surface area contributed by atoms with Crippen LogP contribution in [-0.4, -0.2) is 39.3 Å². The summed E-state index contributed by atoms with van der Waals surface area (Å²) in [6.45, 7) is 1.98. The van der Waals surface area contributed by atoms with Gasteiger partial charge in [-0.15, -0.1) is 0 Å². The Balaban J connectivity index is 2.19. The van der Waals surface area contributed by atoms with E-state index in [1.807, 2.05) is 18.2 Å². The number of carbonyl (C=O) groups excluding carboxylic acids is 2. The quantitative estimate of drug-likeness (QED) is 0.329. The minimum absolute atomic E-state index is 0.111. The highest BCUT2D eigenvalue weighted by Crippen LogP contribution is 2.37. The molecule has 1 N–H and O–H groups in total. The SMILES string of the molecule is CCOc1cc(/C=C(/C#N)C(=O)NCc2ccc(OC)cc2)cc(Cl)c1OCC(=O)OC. The second-order valence-corrected chi connectivity index (χ2v) is 6.74. The molecule has 168 valence electrons. The van der Waals surface area contributed by atoms with E-state index in [1.165, 1.54) is 19.3 Å². The van der Waals surface area contributed by atoms with Crippen molar-refractivity contribution in [3.8, 4) is 23.3 Å². The molecular formula is C23H23ClN2O6. The fourth-order valence-corrected chi connectivity index (χ4v) is 2.87. The zero-order valence-corrected chi connectivity index (χ0v) is 18.7. The smallest absolute Gasteiger partial charge is 0.343 e. The molecule has 2 aromatic carbocycles. The Kier molecular flexibility index (Phi) is 9.39. The predicted molar refractivity (Wildman–Crippen MR) is 119 cm³/mol. The molecule has 2 rings (SSSR count). The van der Waals surface area contributed by atoms with Crippen LogP contribution in [0, 0.1) is 11.3 Å². The van der Waals surface area contributed by atoms with Gasteiger partial charge in [0.25, 0.3) is 5.91 Å². The summed E-state index contributed by atoms with van der Waals surface area (Å²) in [7, 11) is 2.82. The number of methoxy groups -OCH3 is 2. The Morgan fingerprint density at radius 3 is 2.47 bits per heavy atom. The van der Waals surface area contributed by atoms with Crippen LogP contribution >= 0.6 is 11.6 Å². The van der Waals surface area contributed by atoms with Crippen molar-refractivity contribution < 1.29 is 28.5 Å². The normalized spacial score (nSPS) is 10.7. The van der Waals surface area contributed by atoms with Gasteiger partial charge >= 0.3 is 5.97 Å². The van der Waals surface area contributed by atoms with Gasteiger partial charge in [0, 0.05) is 6.54 Å². The third kappa shape index (κ3) is 6.93. The molecule has 0 saturated carbocycles. The average Bonchev–Trinajstić information content (AvgIpc) is 2.80. The average molecular weight is 459 g/mol. The number of nitrogens with zero attached hydrogens (tertiary/aromatic N) is 1. The van der Waals surface area contributed by atoms with Gasteiger partial charge in [-0.1, -0.05) is 23.7 Å². The van der Waals surface area contributed by atoms with Crippen molar-refractivity contribution in [2.45, 2.75) is 13.5 Å². The lowest BCUT2D eigenvalue weighted by Gasteiger charge is -2.14. The fourth-order valence-electron chi connectivity index (χ4n) is 2.60.